The van der Waals surface area contributed by atoms with Gasteiger partial charge in [-0.3, -0.25) is 0 Å². The standard InChI is InChI=1S/C11H16N2.ClH/c1-13-8-9(6-7-12)10-4-2-3-5-11(10)13;/h2-5,9H,6-8,12H2,1H3;1H. The third-order valence-corrected chi connectivity index (χ3v) is 2.80. The number of halogens is 1. The lowest BCUT2D eigenvalue weighted by Gasteiger charge is -2.11. The quantitative estimate of drug-likeness (QED) is 0.813. The summed E-state index contributed by atoms with van der Waals surface area (Å²) in [5, 5.41) is 0. The summed E-state index contributed by atoms with van der Waals surface area (Å²) in [6.45, 7) is 1.91. The van der Waals surface area contributed by atoms with Gasteiger partial charge in [0.2, 0.25) is 0 Å². The Hall–Kier alpha value is -0.730. The number of anilines is 1. The van der Waals surface area contributed by atoms with Crippen molar-refractivity contribution in [1.82, 2.24) is 0 Å². The monoisotopic (exact) mass is 212 g/mol. The third-order valence-electron chi connectivity index (χ3n) is 2.80. The van der Waals surface area contributed by atoms with Crippen LogP contribution in [-0.4, -0.2) is 20.1 Å². The largest absolute Gasteiger partial charge is 0.374 e. The third kappa shape index (κ3) is 1.86. The molecule has 0 saturated heterocycles. The Labute approximate surface area is 91.5 Å². The van der Waals surface area contributed by atoms with Gasteiger partial charge in [0, 0.05) is 25.2 Å². The van der Waals surface area contributed by atoms with Crippen LogP contribution in [0.4, 0.5) is 5.69 Å². The first-order valence-corrected chi connectivity index (χ1v) is 4.83. The molecule has 1 aromatic rings. The van der Waals surface area contributed by atoms with Gasteiger partial charge in [-0.1, -0.05) is 18.2 Å². The number of nitrogens with two attached hydrogens (primary N) is 1. The number of rotatable bonds is 2. The van der Waals surface area contributed by atoms with Crippen LogP contribution in [0, 0.1) is 0 Å². The van der Waals surface area contributed by atoms with Crippen LogP contribution in [0.15, 0.2) is 24.3 Å². The number of benzene rings is 1. The summed E-state index contributed by atoms with van der Waals surface area (Å²) >= 11 is 0. The number of likely N-dealkylation sites (N-methyl/N-ethyl adjacent to an activating group) is 1. The Kier molecular flexibility index (Phi) is 3.78. The summed E-state index contributed by atoms with van der Waals surface area (Å²) in [4.78, 5) is 2.32. The van der Waals surface area contributed by atoms with Gasteiger partial charge in [-0.25, -0.2) is 0 Å². The summed E-state index contributed by atoms with van der Waals surface area (Å²) in [5.74, 6) is 0.645. The molecule has 1 atom stereocenters. The molecule has 1 aliphatic heterocycles. The minimum absolute atomic E-state index is 0. The maximum Gasteiger partial charge on any atom is 0.0399 e. The maximum absolute atomic E-state index is 5.59. The summed E-state index contributed by atoms with van der Waals surface area (Å²) in [6.07, 6.45) is 1.10. The molecule has 0 fully saturated rings. The van der Waals surface area contributed by atoms with Crippen molar-refractivity contribution in [3.63, 3.8) is 0 Å². The van der Waals surface area contributed by atoms with Crippen molar-refractivity contribution >= 4 is 18.1 Å². The molecule has 0 aliphatic carbocycles. The molecular weight excluding hydrogens is 196 g/mol. The second kappa shape index (κ2) is 4.67. The zero-order chi connectivity index (χ0) is 9.26. The predicted octanol–water partition coefficient (Wildman–Crippen LogP) is 1.99. The van der Waals surface area contributed by atoms with Crippen molar-refractivity contribution in [2.75, 3.05) is 25.0 Å². The van der Waals surface area contributed by atoms with Crippen LogP contribution in [0.5, 0.6) is 0 Å². The maximum atomic E-state index is 5.59. The molecule has 14 heavy (non-hydrogen) atoms. The van der Waals surface area contributed by atoms with Crippen molar-refractivity contribution in [1.29, 1.82) is 0 Å². The molecule has 0 aromatic heterocycles. The predicted molar refractivity (Wildman–Crippen MR) is 63.4 cm³/mol. The Morgan fingerprint density at radius 1 is 1.43 bits per heavy atom. The van der Waals surface area contributed by atoms with Crippen LogP contribution in [0.3, 0.4) is 0 Å². The highest BCUT2D eigenvalue weighted by Crippen LogP contribution is 2.36. The first-order chi connectivity index (χ1) is 6.33. The average molecular weight is 213 g/mol. The molecule has 2 rings (SSSR count). The number of fused-ring (bicyclic) bond motifs is 1. The number of hydrogen-bond donors (Lipinski definition) is 1. The van der Waals surface area contributed by atoms with E-state index in [1.807, 2.05) is 0 Å². The highest BCUT2D eigenvalue weighted by atomic mass is 35.5. The van der Waals surface area contributed by atoms with E-state index in [0.29, 0.717) is 5.92 Å². The fourth-order valence-electron chi connectivity index (χ4n) is 2.16. The minimum atomic E-state index is 0. The van der Waals surface area contributed by atoms with E-state index < -0.39 is 0 Å². The molecule has 1 unspecified atom stereocenters. The van der Waals surface area contributed by atoms with E-state index in [0.717, 1.165) is 19.5 Å². The SMILES string of the molecule is CN1CC(CCN)c2ccccc21.Cl. The first-order valence-electron chi connectivity index (χ1n) is 4.83. The Morgan fingerprint density at radius 3 is 2.86 bits per heavy atom. The van der Waals surface area contributed by atoms with Crippen LogP contribution >= 0.6 is 12.4 Å². The Balaban J connectivity index is 0.000000980. The number of nitrogens with zero attached hydrogens (tertiary/aromatic N) is 1. The van der Waals surface area contributed by atoms with E-state index in [-0.39, 0.29) is 12.4 Å². The molecule has 2 nitrogen and oxygen atoms in total. The van der Waals surface area contributed by atoms with E-state index in [1.54, 1.807) is 0 Å². The number of para-hydroxylation sites is 1. The van der Waals surface area contributed by atoms with Crippen LogP contribution in [0.25, 0.3) is 0 Å². The molecule has 0 spiro atoms. The second-order valence-corrected chi connectivity index (χ2v) is 3.71. The van der Waals surface area contributed by atoms with Gasteiger partial charge in [-0.2, -0.15) is 0 Å². The topological polar surface area (TPSA) is 29.3 Å². The van der Waals surface area contributed by atoms with E-state index >= 15 is 0 Å². The van der Waals surface area contributed by atoms with Gasteiger partial charge < -0.3 is 10.6 Å². The summed E-state index contributed by atoms with van der Waals surface area (Å²) < 4.78 is 0. The summed E-state index contributed by atoms with van der Waals surface area (Å²) in [6, 6.07) is 8.62. The zero-order valence-electron chi connectivity index (χ0n) is 8.44. The molecule has 0 radical (unpaired) electrons. The highest BCUT2D eigenvalue weighted by molar-refractivity contribution is 5.85. The second-order valence-electron chi connectivity index (χ2n) is 3.71. The molecule has 2 N–H and O–H groups in total. The van der Waals surface area contributed by atoms with E-state index in [1.165, 1.54) is 11.3 Å². The van der Waals surface area contributed by atoms with Gasteiger partial charge in [0.1, 0.15) is 0 Å². The number of hydrogen-bond acceptors (Lipinski definition) is 2. The lowest BCUT2D eigenvalue weighted by Crippen LogP contribution is -2.16. The molecule has 1 aliphatic rings. The normalized spacial score (nSPS) is 19.0. The van der Waals surface area contributed by atoms with Crippen molar-refractivity contribution in [3.05, 3.63) is 29.8 Å². The van der Waals surface area contributed by atoms with E-state index in [2.05, 4.69) is 36.2 Å². The van der Waals surface area contributed by atoms with Gasteiger partial charge in [0.25, 0.3) is 0 Å². The van der Waals surface area contributed by atoms with Crippen LogP contribution in [0.1, 0.15) is 17.9 Å². The van der Waals surface area contributed by atoms with Crippen molar-refractivity contribution in [3.8, 4) is 0 Å². The molecule has 0 amide bonds. The van der Waals surface area contributed by atoms with Crippen LogP contribution in [-0.2, 0) is 0 Å². The average Bonchev–Trinajstić information content (AvgIpc) is 2.46. The Bertz CT molecular complexity index is 301. The molecule has 3 heteroatoms. The van der Waals surface area contributed by atoms with Crippen LogP contribution < -0.4 is 10.6 Å². The van der Waals surface area contributed by atoms with Crippen molar-refractivity contribution in [2.45, 2.75) is 12.3 Å². The summed E-state index contributed by atoms with van der Waals surface area (Å²) in [7, 11) is 2.15. The molecule has 0 bridgehead atoms. The molecule has 1 heterocycles. The highest BCUT2D eigenvalue weighted by Gasteiger charge is 2.24. The van der Waals surface area contributed by atoms with Gasteiger partial charge in [0.05, 0.1) is 0 Å². The van der Waals surface area contributed by atoms with Crippen molar-refractivity contribution in [2.24, 2.45) is 5.73 Å². The van der Waals surface area contributed by atoms with Gasteiger partial charge in [-0.05, 0) is 24.6 Å². The van der Waals surface area contributed by atoms with E-state index in [4.69, 9.17) is 5.73 Å². The molecule has 78 valence electrons. The van der Waals surface area contributed by atoms with Crippen molar-refractivity contribution < 1.29 is 0 Å². The van der Waals surface area contributed by atoms with Crippen LogP contribution in [0.2, 0.25) is 0 Å². The molecule has 0 saturated carbocycles. The van der Waals surface area contributed by atoms with Gasteiger partial charge in [0.15, 0.2) is 0 Å². The molecule has 1 aromatic carbocycles. The fraction of sp³-hybridized carbons (Fsp3) is 0.455. The van der Waals surface area contributed by atoms with Gasteiger partial charge >= 0.3 is 0 Å². The van der Waals surface area contributed by atoms with E-state index in [9.17, 15) is 0 Å². The van der Waals surface area contributed by atoms with Gasteiger partial charge in [-0.15, -0.1) is 12.4 Å². The first kappa shape index (κ1) is 11.3. The summed E-state index contributed by atoms with van der Waals surface area (Å²) in [5.41, 5.74) is 8.44. The fourth-order valence-corrected chi connectivity index (χ4v) is 2.16. The lowest BCUT2D eigenvalue weighted by molar-refractivity contribution is 0.662. The minimum Gasteiger partial charge on any atom is -0.374 e. The smallest absolute Gasteiger partial charge is 0.0399 e. The zero-order valence-corrected chi connectivity index (χ0v) is 9.26. The molecular formula is C11H17ClN2. The Morgan fingerprint density at radius 2 is 2.14 bits per heavy atom. The lowest BCUT2D eigenvalue weighted by atomic mass is 9.98.